The van der Waals surface area contributed by atoms with Crippen LogP contribution in [0, 0.1) is 11.7 Å². The summed E-state index contributed by atoms with van der Waals surface area (Å²) in [6.07, 6.45) is 4.17. The Bertz CT molecular complexity index is 480. The molecule has 1 unspecified atom stereocenters. The van der Waals surface area contributed by atoms with E-state index in [1.54, 1.807) is 19.2 Å². The van der Waals surface area contributed by atoms with Gasteiger partial charge >= 0.3 is 0 Å². The second-order valence-corrected chi connectivity index (χ2v) is 6.40. The Morgan fingerprint density at radius 2 is 2.27 bits per heavy atom. The highest BCUT2D eigenvalue weighted by Gasteiger charge is 2.40. The van der Waals surface area contributed by atoms with E-state index in [-0.39, 0.29) is 10.9 Å². The van der Waals surface area contributed by atoms with Crippen molar-refractivity contribution in [1.82, 2.24) is 5.32 Å². The molecule has 0 spiro atoms. The Labute approximate surface area is 136 Å². The molecule has 5 heteroatoms. The van der Waals surface area contributed by atoms with Gasteiger partial charge in [0.2, 0.25) is 0 Å². The summed E-state index contributed by atoms with van der Waals surface area (Å²) in [4.78, 5) is 0. The Kier molecular flexibility index (Phi) is 6.63. The van der Waals surface area contributed by atoms with Crippen molar-refractivity contribution in [2.45, 2.75) is 37.7 Å². The van der Waals surface area contributed by atoms with Crippen molar-refractivity contribution in [1.29, 1.82) is 0 Å². The van der Waals surface area contributed by atoms with Crippen molar-refractivity contribution >= 4 is 11.6 Å². The predicted octanol–water partition coefficient (Wildman–Crippen LogP) is 3.48. The van der Waals surface area contributed by atoms with E-state index in [0.717, 1.165) is 38.8 Å². The molecular weight excluding hydrogens is 305 g/mol. The lowest BCUT2D eigenvalue weighted by molar-refractivity contribution is -0.0435. The molecule has 0 bridgehead atoms. The fourth-order valence-electron chi connectivity index (χ4n) is 3.30. The molecule has 1 aliphatic heterocycles. The quantitative estimate of drug-likeness (QED) is 0.752. The van der Waals surface area contributed by atoms with E-state index in [1.807, 2.05) is 0 Å². The second kappa shape index (κ2) is 8.25. The smallest absolute Gasteiger partial charge is 0.142 e. The average Bonchev–Trinajstić information content (AvgIpc) is 2.55. The molecule has 1 aliphatic rings. The highest BCUT2D eigenvalue weighted by Crippen LogP contribution is 2.41. The molecule has 1 fully saturated rings. The number of piperidine rings is 1. The molecule has 2 atom stereocenters. The molecule has 2 N–H and O–H groups in total. The van der Waals surface area contributed by atoms with Crippen molar-refractivity contribution in [3.63, 3.8) is 0 Å². The molecule has 0 amide bonds. The second-order valence-electron chi connectivity index (χ2n) is 6.02. The Hall–Kier alpha value is -0.680. The van der Waals surface area contributed by atoms with Crippen molar-refractivity contribution in [2.75, 3.05) is 26.8 Å². The SMILES string of the molecule is COCCCC[C@@](O)(c1cccc(F)c1Cl)C1CCCNC1. The van der Waals surface area contributed by atoms with Crippen LogP contribution in [0.1, 0.15) is 37.7 Å². The van der Waals surface area contributed by atoms with Crippen LogP contribution in [0.4, 0.5) is 4.39 Å². The zero-order valence-corrected chi connectivity index (χ0v) is 13.8. The number of rotatable bonds is 7. The summed E-state index contributed by atoms with van der Waals surface area (Å²) in [6, 6.07) is 4.69. The highest BCUT2D eigenvalue weighted by molar-refractivity contribution is 6.31. The number of benzene rings is 1. The number of nitrogens with one attached hydrogen (secondary N) is 1. The van der Waals surface area contributed by atoms with E-state index >= 15 is 0 Å². The summed E-state index contributed by atoms with van der Waals surface area (Å²) >= 11 is 6.16. The summed E-state index contributed by atoms with van der Waals surface area (Å²) in [5.74, 6) is -0.429. The molecule has 1 saturated heterocycles. The molecule has 0 radical (unpaired) electrons. The Morgan fingerprint density at radius 3 is 2.95 bits per heavy atom. The molecule has 22 heavy (non-hydrogen) atoms. The van der Waals surface area contributed by atoms with E-state index in [0.29, 0.717) is 18.6 Å². The van der Waals surface area contributed by atoms with Crippen LogP contribution >= 0.6 is 11.6 Å². The number of halogens is 2. The van der Waals surface area contributed by atoms with Crippen LogP contribution in [0.3, 0.4) is 0 Å². The number of methoxy groups -OCH3 is 1. The van der Waals surface area contributed by atoms with Gasteiger partial charge in [-0.05, 0) is 44.7 Å². The van der Waals surface area contributed by atoms with Gasteiger partial charge in [-0.15, -0.1) is 0 Å². The van der Waals surface area contributed by atoms with Crippen molar-refractivity contribution in [3.8, 4) is 0 Å². The van der Waals surface area contributed by atoms with Crippen molar-refractivity contribution in [2.24, 2.45) is 5.92 Å². The minimum Gasteiger partial charge on any atom is -0.385 e. The molecule has 1 aromatic carbocycles. The molecule has 1 aromatic rings. The van der Waals surface area contributed by atoms with E-state index in [1.165, 1.54) is 6.07 Å². The minimum absolute atomic E-state index is 0.0438. The lowest BCUT2D eigenvalue weighted by Crippen LogP contribution is -2.44. The van der Waals surface area contributed by atoms with E-state index in [2.05, 4.69) is 5.32 Å². The molecular formula is C17H25ClFNO2. The summed E-state index contributed by atoms with van der Waals surface area (Å²) < 4.78 is 18.9. The zero-order valence-electron chi connectivity index (χ0n) is 13.1. The average molecular weight is 330 g/mol. The molecule has 124 valence electrons. The molecule has 0 aliphatic carbocycles. The van der Waals surface area contributed by atoms with Crippen molar-refractivity contribution in [3.05, 3.63) is 34.6 Å². The fraction of sp³-hybridized carbons (Fsp3) is 0.647. The third-order valence-corrected chi connectivity index (χ3v) is 4.93. The number of unbranched alkanes of at least 4 members (excludes halogenated alkanes) is 1. The maximum absolute atomic E-state index is 13.8. The Morgan fingerprint density at radius 1 is 1.45 bits per heavy atom. The van der Waals surface area contributed by atoms with Gasteiger partial charge in [0.15, 0.2) is 0 Å². The van der Waals surface area contributed by atoms with E-state index in [4.69, 9.17) is 16.3 Å². The summed E-state index contributed by atoms with van der Waals surface area (Å²) in [7, 11) is 1.67. The monoisotopic (exact) mass is 329 g/mol. The maximum atomic E-state index is 13.8. The van der Waals surface area contributed by atoms with Gasteiger partial charge in [0, 0.05) is 31.7 Å². The van der Waals surface area contributed by atoms with Crippen LogP contribution in [0.5, 0.6) is 0 Å². The Balaban J connectivity index is 2.25. The van der Waals surface area contributed by atoms with Crippen LogP contribution in [-0.2, 0) is 10.3 Å². The fourth-order valence-corrected chi connectivity index (χ4v) is 3.59. The van der Waals surface area contributed by atoms with Crippen LogP contribution in [0.15, 0.2) is 18.2 Å². The first-order valence-corrected chi connectivity index (χ1v) is 8.34. The third kappa shape index (κ3) is 3.99. The first-order valence-electron chi connectivity index (χ1n) is 7.96. The molecule has 1 heterocycles. The zero-order chi connectivity index (χ0) is 16.0. The minimum atomic E-state index is -1.10. The summed E-state index contributed by atoms with van der Waals surface area (Å²) in [5.41, 5.74) is -0.583. The molecule has 2 rings (SSSR count). The topological polar surface area (TPSA) is 41.5 Å². The van der Waals surface area contributed by atoms with Gasteiger partial charge in [-0.3, -0.25) is 0 Å². The van der Waals surface area contributed by atoms with Gasteiger partial charge in [-0.2, -0.15) is 0 Å². The molecule has 3 nitrogen and oxygen atoms in total. The predicted molar refractivity (Wildman–Crippen MR) is 86.6 cm³/mol. The van der Waals surface area contributed by atoms with Gasteiger partial charge in [-0.1, -0.05) is 23.7 Å². The van der Waals surface area contributed by atoms with Crippen LogP contribution in [0.2, 0.25) is 5.02 Å². The van der Waals surface area contributed by atoms with Crippen LogP contribution in [0.25, 0.3) is 0 Å². The van der Waals surface area contributed by atoms with Crippen LogP contribution < -0.4 is 5.32 Å². The summed E-state index contributed by atoms with van der Waals surface area (Å²) in [6.45, 7) is 2.36. The number of hydrogen-bond donors (Lipinski definition) is 2. The van der Waals surface area contributed by atoms with Gasteiger partial charge < -0.3 is 15.2 Å². The van der Waals surface area contributed by atoms with Gasteiger partial charge in [-0.25, -0.2) is 4.39 Å². The number of ether oxygens (including phenoxy) is 1. The molecule has 0 saturated carbocycles. The lowest BCUT2D eigenvalue weighted by atomic mass is 9.74. The molecule has 0 aromatic heterocycles. The van der Waals surface area contributed by atoms with Crippen molar-refractivity contribution < 1.29 is 14.2 Å². The van der Waals surface area contributed by atoms with Gasteiger partial charge in [0.05, 0.1) is 10.6 Å². The van der Waals surface area contributed by atoms with E-state index in [9.17, 15) is 9.50 Å². The maximum Gasteiger partial charge on any atom is 0.142 e. The lowest BCUT2D eigenvalue weighted by Gasteiger charge is -2.40. The highest BCUT2D eigenvalue weighted by atomic mass is 35.5. The van der Waals surface area contributed by atoms with Crippen LogP contribution in [-0.4, -0.2) is 31.9 Å². The largest absolute Gasteiger partial charge is 0.385 e. The number of aliphatic hydroxyl groups is 1. The van der Waals surface area contributed by atoms with E-state index < -0.39 is 11.4 Å². The normalized spacial score (nSPS) is 21.5. The first kappa shape index (κ1) is 17.7. The number of hydrogen-bond acceptors (Lipinski definition) is 3. The third-order valence-electron chi connectivity index (χ3n) is 4.55. The van der Waals surface area contributed by atoms with Gasteiger partial charge in [0.1, 0.15) is 5.82 Å². The standard InChI is InChI=1S/C17H25ClFNO2/c1-22-11-3-2-9-17(21,13-6-5-10-20-12-13)14-7-4-8-15(19)16(14)18/h4,7-8,13,20-21H,2-3,5-6,9-12H2,1H3/t13?,17-/m0/s1. The summed E-state index contributed by atoms with van der Waals surface area (Å²) in [5, 5.41) is 14.7. The van der Waals surface area contributed by atoms with Gasteiger partial charge in [0.25, 0.3) is 0 Å². The first-order chi connectivity index (χ1) is 10.6.